The predicted octanol–water partition coefficient (Wildman–Crippen LogP) is 3.26. The van der Waals surface area contributed by atoms with Crippen LogP contribution in [0.5, 0.6) is 0 Å². The summed E-state index contributed by atoms with van der Waals surface area (Å²) in [7, 11) is 0. The number of likely N-dealkylation sites (tertiary alicyclic amines) is 1. The van der Waals surface area contributed by atoms with E-state index < -0.39 is 6.10 Å². The zero-order chi connectivity index (χ0) is 17.1. The van der Waals surface area contributed by atoms with E-state index in [-0.39, 0.29) is 11.9 Å². The summed E-state index contributed by atoms with van der Waals surface area (Å²) in [5, 5.41) is 17.6. The number of aliphatic hydroxyl groups excluding tert-OH is 1. The third kappa shape index (κ3) is 3.51. The third-order valence-corrected chi connectivity index (χ3v) is 4.76. The number of hydrogen-bond acceptors (Lipinski definition) is 3. The SMILES string of the molecule is CC(C)c1cc(C(=O)N2CCCC2CC(O)c2ccccc2)n[nH]1. The predicted molar refractivity (Wildman–Crippen MR) is 92.8 cm³/mol. The molecule has 2 atom stereocenters. The summed E-state index contributed by atoms with van der Waals surface area (Å²) >= 11 is 0. The van der Waals surface area contributed by atoms with Crippen LogP contribution in [-0.4, -0.2) is 38.7 Å². The lowest BCUT2D eigenvalue weighted by Gasteiger charge is -2.26. The molecule has 2 unspecified atom stereocenters. The Kier molecular flexibility index (Phi) is 5.00. The van der Waals surface area contributed by atoms with Gasteiger partial charge in [0.05, 0.1) is 6.10 Å². The van der Waals surface area contributed by atoms with Crippen LogP contribution in [0.1, 0.15) is 66.9 Å². The van der Waals surface area contributed by atoms with Crippen molar-refractivity contribution in [1.82, 2.24) is 15.1 Å². The largest absolute Gasteiger partial charge is 0.388 e. The van der Waals surface area contributed by atoms with Gasteiger partial charge in [-0.2, -0.15) is 5.10 Å². The number of hydrogen-bond donors (Lipinski definition) is 2. The summed E-state index contributed by atoms with van der Waals surface area (Å²) in [5.41, 5.74) is 2.34. The molecule has 1 aliphatic heterocycles. The summed E-state index contributed by atoms with van der Waals surface area (Å²) in [6, 6.07) is 11.5. The standard InChI is InChI=1S/C19H25N3O2/c1-13(2)16-12-17(21-20-16)19(24)22-10-6-9-15(22)11-18(23)14-7-4-3-5-8-14/h3-5,7-8,12-13,15,18,23H,6,9-11H2,1-2H3,(H,20,21). The first kappa shape index (κ1) is 16.7. The van der Waals surface area contributed by atoms with Crippen molar-refractivity contribution in [1.29, 1.82) is 0 Å². The maximum Gasteiger partial charge on any atom is 0.274 e. The zero-order valence-corrected chi connectivity index (χ0v) is 14.3. The van der Waals surface area contributed by atoms with Gasteiger partial charge in [0.1, 0.15) is 5.69 Å². The lowest BCUT2D eigenvalue weighted by atomic mass is 10.0. The van der Waals surface area contributed by atoms with E-state index >= 15 is 0 Å². The number of aliphatic hydroxyl groups is 1. The minimum atomic E-state index is -0.546. The molecule has 0 spiro atoms. The molecule has 2 heterocycles. The number of H-pyrrole nitrogens is 1. The van der Waals surface area contributed by atoms with Gasteiger partial charge in [-0.05, 0) is 36.8 Å². The molecule has 1 fully saturated rings. The fourth-order valence-corrected chi connectivity index (χ4v) is 3.31. The van der Waals surface area contributed by atoms with Crippen LogP contribution in [0.2, 0.25) is 0 Å². The normalized spacial score (nSPS) is 19.0. The molecule has 1 aliphatic rings. The first-order chi connectivity index (χ1) is 11.6. The van der Waals surface area contributed by atoms with Gasteiger partial charge in [0, 0.05) is 18.3 Å². The number of nitrogens with one attached hydrogen (secondary N) is 1. The molecule has 2 aromatic rings. The summed E-state index contributed by atoms with van der Waals surface area (Å²) in [6.45, 7) is 4.86. The number of carbonyl (C=O) groups is 1. The number of aromatic nitrogens is 2. The van der Waals surface area contributed by atoms with Crippen LogP contribution in [0.25, 0.3) is 0 Å². The maximum absolute atomic E-state index is 12.8. The first-order valence-corrected chi connectivity index (χ1v) is 8.65. The van der Waals surface area contributed by atoms with Gasteiger partial charge in [-0.25, -0.2) is 0 Å². The number of rotatable bonds is 5. The Morgan fingerprint density at radius 2 is 2.12 bits per heavy atom. The third-order valence-electron chi connectivity index (χ3n) is 4.76. The van der Waals surface area contributed by atoms with Crippen molar-refractivity contribution in [2.24, 2.45) is 0 Å². The number of benzene rings is 1. The Balaban J connectivity index is 1.69. The second-order valence-electron chi connectivity index (χ2n) is 6.82. The monoisotopic (exact) mass is 327 g/mol. The molecule has 5 heteroatoms. The Labute approximate surface area is 142 Å². The van der Waals surface area contributed by atoms with E-state index in [4.69, 9.17) is 0 Å². The molecule has 24 heavy (non-hydrogen) atoms. The molecule has 3 rings (SSSR count). The quantitative estimate of drug-likeness (QED) is 0.885. The topological polar surface area (TPSA) is 69.2 Å². The van der Waals surface area contributed by atoms with Gasteiger partial charge < -0.3 is 10.0 Å². The van der Waals surface area contributed by atoms with E-state index in [1.165, 1.54) is 0 Å². The van der Waals surface area contributed by atoms with E-state index in [1.807, 2.05) is 41.3 Å². The van der Waals surface area contributed by atoms with Crippen LogP contribution in [0.3, 0.4) is 0 Å². The molecular weight excluding hydrogens is 302 g/mol. The second-order valence-corrected chi connectivity index (χ2v) is 6.82. The van der Waals surface area contributed by atoms with Crippen molar-refractivity contribution in [2.75, 3.05) is 6.54 Å². The van der Waals surface area contributed by atoms with Crippen LogP contribution >= 0.6 is 0 Å². The Hall–Kier alpha value is -2.14. The molecule has 128 valence electrons. The van der Waals surface area contributed by atoms with Crippen LogP contribution in [0.15, 0.2) is 36.4 Å². The number of carbonyl (C=O) groups excluding carboxylic acids is 1. The van der Waals surface area contributed by atoms with Crippen molar-refractivity contribution in [3.8, 4) is 0 Å². The van der Waals surface area contributed by atoms with E-state index in [0.717, 1.165) is 30.6 Å². The smallest absolute Gasteiger partial charge is 0.274 e. The highest BCUT2D eigenvalue weighted by Gasteiger charge is 2.32. The Bertz CT molecular complexity index is 681. The molecule has 2 N–H and O–H groups in total. The zero-order valence-electron chi connectivity index (χ0n) is 14.3. The molecule has 1 aromatic carbocycles. The Morgan fingerprint density at radius 1 is 1.38 bits per heavy atom. The highest BCUT2D eigenvalue weighted by molar-refractivity contribution is 5.92. The van der Waals surface area contributed by atoms with E-state index in [1.54, 1.807) is 0 Å². The average molecular weight is 327 g/mol. The fraction of sp³-hybridized carbons (Fsp3) is 0.474. The number of nitrogens with zero attached hydrogens (tertiary/aromatic N) is 2. The minimum Gasteiger partial charge on any atom is -0.388 e. The number of amides is 1. The van der Waals surface area contributed by atoms with Gasteiger partial charge in [0.25, 0.3) is 5.91 Å². The van der Waals surface area contributed by atoms with Crippen molar-refractivity contribution in [3.63, 3.8) is 0 Å². The summed E-state index contributed by atoms with van der Waals surface area (Å²) in [5.74, 6) is 0.272. The van der Waals surface area contributed by atoms with Crippen LogP contribution < -0.4 is 0 Å². The molecular formula is C19H25N3O2. The van der Waals surface area contributed by atoms with Crippen molar-refractivity contribution in [3.05, 3.63) is 53.3 Å². The van der Waals surface area contributed by atoms with E-state index in [2.05, 4.69) is 24.0 Å². The molecule has 1 saturated heterocycles. The highest BCUT2D eigenvalue weighted by atomic mass is 16.3. The van der Waals surface area contributed by atoms with Gasteiger partial charge in [0.2, 0.25) is 0 Å². The second kappa shape index (κ2) is 7.18. The van der Waals surface area contributed by atoms with Crippen molar-refractivity contribution in [2.45, 2.75) is 51.2 Å². The van der Waals surface area contributed by atoms with Crippen LogP contribution in [0.4, 0.5) is 0 Å². The van der Waals surface area contributed by atoms with E-state index in [0.29, 0.717) is 18.0 Å². The average Bonchev–Trinajstić information content (AvgIpc) is 3.24. The number of aromatic amines is 1. The van der Waals surface area contributed by atoms with Gasteiger partial charge in [-0.3, -0.25) is 9.89 Å². The molecule has 0 aliphatic carbocycles. The molecule has 0 bridgehead atoms. The summed E-state index contributed by atoms with van der Waals surface area (Å²) in [4.78, 5) is 14.6. The maximum atomic E-state index is 12.8. The van der Waals surface area contributed by atoms with Gasteiger partial charge >= 0.3 is 0 Å². The van der Waals surface area contributed by atoms with Crippen LogP contribution in [-0.2, 0) is 0 Å². The van der Waals surface area contributed by atoms with Crippen molar-refractivity contribution < 1.29 is 9.90 Å². The van der Waals surface area contributed by atoms with Gasteiger partial charge in [0.15, 0.2) is 0 Å². The molecule has 1 aromatic heterocycles. The Morgan fingerprint density at radius 3 is 2.79 bits per heavy atom. The molecule has 0 saturated carbocycles. The molecule has 1 amide bonds. The summed E-state index contributed by atoms with van der Waals surface area (Å²) < 4.78 is 0. The minimum absolute atomic E-state index is 0.0408. The first-order valence-electron chi connectivity index (χ1n) is 8.65. The van der Waals surface area contributed by atoms with Crippen molar-refractivity contribution >= 4 is 5.91 Å². The highest BCUT2D eigenvalue weighted by Crippen LogP contribution is 2.28. The molecule has 0 radical (unpaired) electrons. The lowest BCUT2D eigenvalue weighted by Crippen LogP contribution is -2.36. The summed E-state index contributed by atoms with van der Waals surface area (Å²) in [6.07, 6.45) is 1.92. The van der Waals surface area contributed by atoms with Gasteiger partial charge in [-0.1, -0.05) is 44.2 Å². The molecule has 5 nitrogen and oxygen atoms in total. The van der Waals surface area contributed by atoms with E-state index in [9.17, 15) is 9.90 Å². The van der Waals surface area contributed by atoms with Crippen LogP contribution in [0, 0.1) is 0 Å². The fourth-order valence-electron chi connectivity index (χ4n) is 3.31. The van der Waals surface area contributed by atoms with Gasteiger partial charge in [-0.15, -0.1) is 0 Å². The lowest BCUT2D eigenvalue weighted by molar-refractivity contribution is 0.0661.